The number of ether oxygens (including phenoxy) is 4. The van der Waals surface area contributed by atoms with Gasteiger partial charge in [-0.15, -0.1) is 12.4 Å². The monoisotopic (exact) mass is 653 g/mol. The second-order valence-corrected chi connectivity index (χ2v) is 11.3. The number of carbonyl (C=O) groups excluding carboxylic acids is 2. The van der Waals surface area contributed by atoms with Gasteiger partial charge in [0.2, 0.25) is 5.91 Å². The second kappa shape index (κ2) is 15.0. The Bertz CT molecular complexity index is 1750. The van der Waals surface area contributed by atoms with E-state index in [9.17, 15) is 9.59 Å². The molecule has 4 aromatic rings. The van der Waals surface area contributed by atoms with Crippen LogP contribution in [0.2, 0.25) is 0 Å². The molecule has 0 bridgehead atoms. The molecule has 6 rings (SSSR count). The number of nitriles is 1. The Labute approximate surface area is 280 Å². The average Bonchev–Trinajstić information content (AvgIpc) is 3.10. The zero-order valence-electron chi connectivity index (χ0n) is 26.2. The van der Waals surface area contributed by atoms with Crippen LogP contribution in [0, 0.1) is 11.3 Å². The van der Waals surface area contributed by atoms with Crippen molar-refractivity contribution in [3.05, 3.63) is 113 Å². The molecule has 2 aliphatic rings. The molecule has 0 aliphatic carbocycles. The highest BCUT2D eigenvalue weighted by atomic mass is 35.5. The third-order valence-corrected chi connectivity index (χ3v) is 8.31. The van der Waals surface area contributed by atoms with E-state index in [1.54, 1.807) is 12.1 Å². The molecule has 9 nitrogen and oxygen atoms in total. The van der Waals surface area contributed by atoms with E-state index in [0.29, 0.717) is 43.2 Å². The van der Waals surface area contributed by atoms with E-state index in [1.165, 1.54) is 7.11 Å². The number of methoxy groups -OCH3 is 1. The molecule has 0 spiro atoms. The number of benzene rings is 4. The van der Waals surface area contributed by atoms with Crippen LogP contribution in [0.3, 0.4) is 0 Å². The van der Waals surface area contributed by atoms with Gasteiger partial charge in [0.05, 0.1) is 31.4 Å². The Morgan fingerprint density at radius 3 is 2.32 bits per heavy atom. The topological polar surface area (TPSA) is 119 Å². The van der Waals surface area contributed by atoms with E-state index in [0.717, 1.165) is 39.1 Å². The highest BCUT2D eigenvalue weighted by molar-refractivity contribution is 5.88. The molecule has 10 heteroatoms. The molecule has 0 fully saturated rings. The maximum Gasteiger partial charge on any atom is 0.328 e. The average molecular weight is 654 g/mol. The molecule has 2 heterocycles. The summed E-state index contributed by atoms with van der Waals surface area (Å²) >= 11 is 0. The molecule has 1 unspecified atom stereocenters. The van der Waals surface area contributed by atoms with Gasteiger partial charge in [0, 0.05) is 13.0 Å². The maximum atomic E-state index is 13.4. The number of hydrogen-bond acceptors (Lipinski definition) is 8. The van der Waals surface area contributed by atoms with Gasteiger partial charge >= 0.3 is 5.97 Å². The SMILES string of the molecule is CCOc1ccc([C@H]2COc3cc4c(cc3O2)CNC(C(=O)N[C@@H](Cc2ccc(-c3ccc(C#N)cc3)cc2)C(=O)OC)C4)cc1.Cl. The van der Waals surface area contributed by atoms with Gasteiger partial charge in [-0.1, -0.05) is 48.5 Å². The number of halogens is 1. The number of hydrogen-bond donors (Lipinski definition) is 2. The number of rotatable bonds is 9. The number of amides is 1. The maximum absolute atomic E-state index is 13.4. The Kier molecular flexibility index (Phi) is 10.7. The fraction of sp³-hybridized carbons (Fsp3) is 0.270. The lowest BCUT2D eigenvalue weighted by molar-refractivity contribution is -0.145. The molecule has 0 aromatic heterocycles. The molecule has 242 valence electrons. The first-order valence-electron chi connectivity index (χ1n) is 15.3. The lowest BCUT2D eigenvalue weighted by Crippen LogP contribution is -2.53. The first-order chi connectivity index (χ1) is 22.4. The Balaban J connectivity index is 0.00000433. The minimum atomic E-state index is -0.846. The van der Waals surface area contributed by atoms with Crippen LogP contribution in [0.5, 0.6) is 17.2 Å². The molecule has 3 atom stereocenters. The molecule has 1 amide bonds. The van der Waals surface area contributed by atoms with E-state index in [-0.39, 0.29) is 30.8 Å². The molecule has 0 radical (unpaired) electrons. The molecular formula is C37H36ClN3O6. The summed E-state index contributed by atoms with van der Waals surface area (Å²) in [5, 5.41) is 15.3. The number of nitrogens with zero attached hydrogens (tertiary/aromatic N) is 1. The van der Waals surface area contributed by atoms with Crippen LogP contribution in [-0.2, 0) is 33.7 Å². The zero-order valence-corrected chi connectivity index (χ0v) is 27.0. The minimum absolute atomic E-state index is 0. The van der Waals surface area contributed by atoms with Crippen LogP contribution in [0.4, 0.5) is 0 Å². The smallest absolute Gasteiger partial charge is 0.328 e. The predicted molar refractivity (Wildman–Crippen MR) is 179 cm³/mol. The fourth-order valence-corrected chi connectivity index (χ4v) is 5.79. The number of esters is 1. The van der Waals surface area contributed by atoms with Crippen LogP contribution >= 0.6 is 12.4 Å². The Morgan fingerprint density at radius 2 is 1.66 bits per heavy atom. The molecular weight excluding hydrogens is 618 g/mol. The van der Waals surface area contributed by atoms with Crippen molar-refractivity contribution in [3.63, 3.8) is 0 Å². The Hall–Kier alpha value is -5.04. The van der Waals surface area contributed by atoms with E-state index in [2.05, 4.69) is 16.7 Å². The summed E-state index contributed by atoms with van der Waals surface area (Å²) in [5.41, 5.74) is 6.48. The van der Waals surface area contributed by atoms with Crippen LogP contribution in [-0.4, -0.2) is 44.3 Å². The largest absolute Gasteiger partial charge is 0.494 e. The van der Waals surface area contributed by atoms with Gasteiger partial charge in [0.1, 0.15) is 18.4 Å². The van der Waals surface area contributed by atoms with Gasteiger partial charge in [-0.3, -0.25) is 4.79 Å². The van der Waals surface area contributed by atoms with Crippen molar-refractivity contribution in [3.8, 4) is 34.4 Å². The summed E-state index contributed by atoms with van der Waals surface area (Å²) in [5.74, 6) is 1.35. The molecule has 0 saturated carbocycles. The molecule has 2 aliphatic heterocycles. The van der Waals surface area contributed by atoms with Gasteiger partial charge in [0.25, 0.3) is 0 Å². The summed E-state index contributed by atoms with van der Waals surface area (Å²) in [4.78, 5) is 26.1. The van der Waals surface area contributed by atoms with Crippen molar-refractivity contribution in [2.24, 2.45) is 0 Å². The summed E-state index contributed by atoms with van der Waals surface area (Å²) < 4.78 is 23.0. The fourth-order valence-electron chi connectivity index (χ4n) is 5.79. The van der Waals surface area contributed by atoms with Gasteiger partial charge < -0.3 is 29.6 Å². The van der Waals surface area contributed by atoms with Crippen LogP contribution in [0.1, 0.15) is 40.8 Å². The zero-order chi connectivity index (χ0) is 32.0. The van der Waals surface area contributed by atoms with Gasteiger partial charge in [-0.05, 0) is 83.1 Å². The molecule has 0 saturated heterocycles. The first kappa shape index (κ1) is 33.3. The van der Waals surface area contributed by atoms with Crippen LogP contribution in [0.25, 0.3) is 11.1 Å². The molecule has 4 aromatic carbocycles. The van der Waals surface area contributed by atoms with E-state index in [4.69, 9.17) is 24.2 Å². The summed E-state index contributed by atoms with van der Waals surface area (Å²) in [6.07, 6.45) is 0.482. The van der Waals surface area contributed by atoms with Crippen molar-refractivity contribution in [2.45, 2.75) is 44.5 Å². The lowest BCUT2D eigenvalue weighted by atomic mass is 9.94. The highest BCUT2D eigenvalue weighted by Gasteiger charge is 2.31. The van der Waals surface area contributed by atoms with Crippen molar-refractivity contribution < 1.29 is 28.5 Å². The van der Waals surface area contributed by atoms with Gasteiger partial charge in [0.15, 0.2) is 17.6 Å². The first-order valence-corrected chi connectivity index (χ1v) is 15.3. The normalized spacial score (nSPS) is 16.8. The van der Waals surface area contributed by atoms with Crippen LogP contribution < -0.4 is 24.8 Å². The summed E-state index contributed by atoms with van der Waals surface area (Å²) in [6, 6.07) is 27.6. The number of nitrogens with one attached hydrogen (secondary N) is 2. The lowest BCUT2D eigenvalue weighted by Gasteiger charge is -2.31. The highest BCUT2D eigenvalue weighted by Crippen LogP contribution is 2.40. The molecule has 47 heavy (non-hydrogen) atoms. The summed E-state index contributed by atoms with van der Waals surface area (Å²) in [7, 11) is 1.32. The minimum Gasteiger partial charge on any atom is -0.494 e. The Morgan fingerprint density at radius 1 is 0.979 bits per heavy atom. The van der Waals surface area contributed by atoms with E-state index < -0.39 is 18.1 Å². The van der Waals surface area contributed by atoms with Crippen molar-refractivity contribution in [1.29, 1.82) is 5.26 Å². The number of fused-ring (bicyclic) bond motifs is 2. The number of carbonyl (C=O) groups is 2. The van der Waals surface area contributed by atoms with Crippen molar-refractivity contribution >= 4 is 24.3 Å². The van der Waals surface area contributed by atoms with Crippen LogP contribution in [0.15, 0.2) is 84.9 Å². The quantitative estimate of drug-likeness (QED) is 0.228. The molecule has 2 N–H and O–H groups in total. The predicted octanol–water partition coefficient (Wildman–Crippen LogP) is 5.47. The van der Waals surface area contributed by atoms with Crippen molar-refractivity contribution in [2.75, 3.05) is 20.3 Å². The van der Waals surface area contributed by atoms with E-state index >= 15 is 0 Å². The second-order valence-electron chi connectivity index (χ2n) is 11.3. The summed E-state index contributed by atoms with van der Waals surface area (Å²) in [6.45, 7) is 3.41. The van der Waals surface area contributed by atoms with Crippen molar-refractivity contribution in [1.82, 2.24) is 10.6 Å². The third kappa shape index (κ3) is 7.68. The van der Waals surface area contributed by atoms with Gasteiger partial charge in [-0.25, -0.2) is 4.79 Å². The van der Waals surface area contributed by atoms with E-state index in [1.807, 2.05) is 79.7 Å². The standard InChI is InChI=1S/C37H35N3O6.ClH/c1-3-44-30-14-12-27(13-15-30)35-22-45-33-18-28-17-31(39-21-29(28)19-34(33)46-35)36(41)40-32(37(42)43-2)16-23-4-8-25(9-5-23)26-10-6-24(20-38)7-11-26;/h4-15,18-19,31-32,35,39H,3,16-17,21-22H2,1-2H3,(H,40,41);1H/t31?,32-,35+;/m0./s1. The third-order valence-electron chi connectivity index (χ3n) is 8.31. The van der Waals surface area contributed by atoms with Gasteiger partial charge in [-0.2, -0.15) is 5.26 Å².